The lowest BCUT2D eigenvalue weighted by atomic mass is 10.3. The fourth-order valence-electron chi connectivity index (χ4n) is 2.61. The van der Waals surface area contributed by atoms with Crippen molar-refractivity contribution in [2.45, 2.75) is 6.54 Å². The van der Waals surface area contributed by atoms with Gasteiger partial charge in [0.2, 0.25) is 11.8 Å². The number of ether oxygens (including phenoxy) is 1. The average Bonchev–Trinajstić information content (AvgIpc) is 3.14. The van der Waals surface area contributed by atoms with Crippen molar-refractivity contribution in [3.8, 4) is 5.88 Å². The fraction of sp³-hybridized carbons (Fsp3) is 0.278. The number of rotatable bonds is 8. The summed E-state index contributed by atoms with van der Waals surface area (Å²) in [6.07, 6.45) is 0. The van der Waals surface area contributed by atoms with Crippen LogP contribution in [0.1, 0.15) is 10.5 Å². The first-order chi connectivity index (χ1) is 13.6. The highest BCUT2D eigenvalue weighted by atomic mass is 16.5. The van der Waals surface area contributed by atoms with E-state index >= 15 is 0 Å². The molecule has 0 spiro atoms. The van der Waals surface area contributed by atoms with E-state index < -0.39 is 0 Å². The standard InChI is InChI=1S/C18H21N7O3/c1-19-17(27)13-7-8-14(18(22-13)28-2)21-16(26)11-20-9-10-25-15-6-4-3-5-12(15)23-24-25/h3-8,20H,9-11H2,1-2H3,(H,19,27)(H,21,26). The molecule has 0 aliphatic heterocycles. The van der Waals surface area contributed by atoms with Crippen molar-refractivity contribution in [2.75, 3.05) is 32.6 Å². The predicted molar refractivity (Wildman–Crippen MR) is 103 cm³/mol. The normalized spacial score (nSPS) is 10.6. The number of pyridine rings is 1. The molecule has 0 saturated heterocycles. The summed E-state index contributed by atoms with van der Waals surface area (Å²) in [5.74, 6) is -0.418. The molecule has 1 aromatic carbocycles. The maximum absolute atomic E-state index is 12.2. The number of carbonyl (C=O) groups is 2. The minimum Gasteiger partial charge on any atom is -0.479 e. The molecule has 10 nitrogen and oxygen atoms in total. The highest BCUT2D eigenvalue weighted by molar-refractivity contribution is 5.95. The molecule has 2 amide bonds. The highest BCUT2D eigenvalue weighted by Gasteiger charge is 2.13. The lowest BCUT2D eigenvalue weighted by Gasteiger charge is -2.11. The van der Waals surface area contributed by atoms with Gasteiger partial charge >= 0.3 is 0 Å². The first-order valence-electron chi connectivity index (χ1n) is 8.68. The SMILES string of the molecule is CNC(=O)c1ccc(NC(=O)CNCCn2nnc3ccccc32)c(OC)n1. The summed E-state index contributed by atoms with van der Waals surface area (Å²) in [5, 5.41) is 16.4. The van der Waals surface area contributed by atoms with E-state index in [1.54, 1.807) is 10.7 Å². The lowest BCUT2D eigenvalue weighted by molar-refractivity contribution is -0.115. The van der Waals surface area contributed by atoms with Crippen LogP contribution in [0.3, 0.4) is 0 Å². The Kier molecular flexibility index (Phi) is 6.12. The molecule has 0 aliphatic carbocycles. The molecule has 3 aromatic rings. The number of para-hydroxylation sites is 1. The van der Waals surface area contributed by atoms with Crippen molar-refractivity contribution in [1.82, 2.24) is 30.6 Å². The zero-order chi connectivity index (χ0) is 19.9. The number of hydrogen-bond donors (Lipinski definition) is 3. The number of nitrogens with zero attached hydrogens (tertiary/aromatic N) is 4. The number of amides is 2. The molecule has 0 saturated carbocycles. The lowest BCUT2D eigenvalue weighted by Crippen LogP contribution is -2.30. The average molecular weight is 383 g/mol. The monoisotopic (exact) mass is 383 g/mol. The van der Waals surface area contributed by atoms with Gasteiger partial charge in [0.05, 0.1) is 25.7 Å². The summed E-state index contributed by atoms with van der Waals surface area (Å²) in [7, 11) is 2.94. The number of methoxy groups -OCH3 is 1. The smallest absolute Gasteiger partial charge is 0.269 e. The number of carbonyl (C=O) groups excluding carboxylic acids is 2. The summed E-state index contributed by atoms with van der Waals surface area (Å²) in [4.78, 5) is 27.9. The largest absolute Gasteiger partial charge is 0.479 e. The summed E-state index contributed by atoms with van der Waals surface area (Å²) in [6, 6.07) is 10.8. The van der Waals surface area contributed by atoms with Gasteiger partial charge in [0, 0.05) is 13.6 Å². The van der Waals surface area contributed by atoms with Gasteiger partial charge in [-0.1, -0.05) is 17.3 Å². The van der Waals surface area contributed by atoms with Crippen LogP contribution < -0.4 is 20.7 Å². The van der Waals surface area contributed by atoms with Gasteiger partial charge in [-0.15, -0.1) is 5.10 Å². The van der Waals surface area contributed by atoms with Gasteiger partial charge < -0.3 is 20.7 Å². The predicted octanol–water partition coefficient (Wildman–Crippen LogP) is 0.423. The second-order valence-corrected chi connectivity index (χ2v) is 5.86. The van der Waals surface area contributed by atoms with Crippen LogP contribution in [-0.4, -0.2) is 59.0 Å². The molecule has 0 aliphatic rings. The number of aromatic nitrogens is 4. The Balaban J connectivity index is 1.51. The second-order valence-electron chi connectivity index (χ2n) is 5.86. The van der Waals surface area contributed by atoms with Gasteiger partial charge in [-0.05, 0) is 24.3 Å². The minimum atomic E-state index is -0.335. The van der Waals surface area contributed by atoms with Crippen LogP contribution in [0.15, 0.2) is 36.4 Å². The van der Waals surface area contributed by atoms with E-state index in [-0.39, 0.29) is 29.9 Å². The van der Waals surface area contributed by atoms with E-state index in [1.165, 1.54) is 20.2 Å². The number of fused-ring (bicyclic) bond motifs is 1. The Hall–Kier alpha value is -3.53. The molecule has 3 rings (SSSR count). The van der Waals surface area contributed by atoms with Crippen LogP contribution in [0, 0.1) is 0 Å². The zero-order valence-corrected chi connectivity index (χ0v) is 15.6. The Morgan fingerprint density at radius 2 is 2.00 bits per heavy atom. The molecule has 0 atom stereocenters. The molecule has 0 radical (unpaired) electrons. The third-order valence-electron chi connectivity index (χ3n) is 3.99. The molecule has 28 heavy (non-hydrogen) atoms. The molecular weight excluding hydrogens is 362 g/mol. The zero-order valence-electron chi connectivity index (χ0n) is 15.6. The van der Waals surface area contributed by atoms with Crippen LogP contribution in [0.25, 0.3) is 11.0 Å². The van der Waals surface area contributed by atoms with Crippen molar-refractivity contribution >= 4 is 28.5 Å². The Bertz CT molecular complexity index is 986. The summed E-state index contributed by atoms with van der Waals surface area (Å²) >= 11 is 0. The van der Waals surface area contributed by atoms with Gasteiger partial charge in [-0.3, -0.25) is 9.59 Å². The van der Waals surface area contributed by atoms with Gasteiger partial charge in [0.1, 0.15) is 16.9 Å². The summed E-state index contributed by atoms with van der Waals surface area (Å²) in [6.45, 7) is 1.23. The van der Waals surface area contributed by atoms with Crippen LogP contribution in [-0.2, 0) is 11.3 Å². The van der Waals surface area contributed by atoms with Crippen LogP contribution in [0.5, 0.6) is 5.88 Å². The molecule has 10 heteroatoms. The molecule has 0 bridgehead atoms. The number of hydrogen-bond acceptors (Lipinski definition) is 7. The molecule has 0 unspecified atom stereocenters. The van der Waals surface area contributed by atoms with Crippen LogP contribution in [0.2, 0.25) is 0 Å². The molecule has 2 heterocycles. The van der Waals surface area contributed by atoms with E-state index in [0.29, 0.717) is 18.8 Å². The van der Waals surface area contributed by atoms with E-state index in [0.717, 1.165) is 11.0 Å². The van der Waals surface area contributed by atoms with Crippen molar-refractivity contribution < 1.29 is 14.3 Å². The second kappa shape index (κ2) is 8.91. The van der Waals surface area contributed by atoms with Gasteiger partial charge in [0.15, 0.2) is 0 Å². The topological polar surface area (TPSA) is 123 Å². The van der Waals surface area contributed by atoms with Crippen LogP contribution >= 0.6 is 0 Å². The quantitative estimate of drug-likeness (QED) is 0.482. The highest BCUT2D eigenvalue weighted by Crippen LogP contribution is 2.21. The summed E-state index contributed by atoms with van der Waals surface area (Å²) < 4.78 is 6.93. The maximum Gasteiger partial charge on any atom is 0.269 e. The molecule has 3 N–H and O–H groups in total. The van der Waals surface area contributed by atoms with Gasteiger partial charge in [-0.25, -0.2) is 9.67 Å². The van der Waals surface area contributed by atoms with E-state index in [2.05, 4.69) is 31.2 Å². The molecule has 2 aromatic heterocycles. The fourth-order valence-corrected chi connectivity index (χ4v) is 2.61. The third kappa shape index (κ3) is 4.41. The first-order valence-corrected chi connectivity index (χ1v) is 8.68. The van der Waals surface area contributed by atoms with E-state index in [1.807, 2.05) is 24.3 Å². The van der Waals surface area contributed by atoms with E-state index in [4.69, 9.17) is 4.74 Å². The third-order valence-corrected chi connectivity index (χ3v) is 3.99. The van der Waals surface area contributed by atoms with Crippen LogP contribution in [0.4, 0.5) is 5.69 Å². The van der Waals surface area contributed by atoms with Gasteiger partial charge in [0.25, 0.3) is 5.91 Å². The Morgan fingerprint density at radius 3 is 2.79 bits per heavy atom. The van der Waals surface area contributed by atoms with Crippen molar-refractivity contribution in [3.63, 3.8) is 0 Å². The number of anilines is 1. The van der Waals surface area contributed by atoms with Crippen molar-refractivity contribution in [1.29, 1.82) is 0 Å². The molecular formula is C18H21N7O3. The first kappa shape index (κ1) is 19.2. The Labute approximate surface area is 161 Å². The van der Waals surface area contributed by atoms with E-state index in [9.17, 15) is 9.59 Å². The van der Waals surface area contributed by atoms with Gasteiger partial charge in [-0.2, -0.15) is 0 Å². The number of benzene rings is 1. The summed E-state index contributed by atoms with van der Waals surface area (Å²) in [5.41, 5.74) is 2.38. The maximum atomic E-state index is 12.2. The van der Waals surface area contributed by atoms with Crippen molar-refractivity contribution in [2.24, 2.45) is 0 Å². The molecule has 0 fully saturated rings. The minimum absolute atomic E-state index is 0.104. The van der Waals surface area contributed by atoms with Crippen molar-refractivity contribution in [3.05, 3.63) is 42.1 Å². The molecule has 146 valence electrons. The Morgan fingerprint density at radius 1 is 1.18 bits per heavy atom. The number of nitrogens with one attached hydrogen (secondary N) is 3.